The lowest BCUT2D eigenvalue weighted by Gasteiger charge is -2.08. The third kappa shape index (κ3) is 1.95. The maximum Gasteiger partial charge on any atom is 0.0745 e. The van der Waals surface area contributed by atoms with E-state index in [0.717, 1.165) is 16.3 Å². The van der Waals surface area contributed by atoms with Crippen molar-refractivity contribution in [3.05, 3.63) is 65.7 Å². The highest BCUT2D eigenvalue weighted by Gasteiger charge is 2.05. The molecule has 0 heteroatoms. The van der Waals surface area contributed by atoms with Crippen molar-refractivity contribution in [3.8, 4) is 24.7 Å². The summed E-state index contributed by atoms with van der Waals surface area (Å²) in [5.74, 6) is 5.11. The second-order valence-electron chi connectivity index (χ2n) is 4.58. The number of rotatable bonds is 1. The van der Waals surface area contributed by atoms with E-state index in [1.807, 2.05) is 30.3 Å². The lowest BCUT2D eigenvalue weighted by atomic mass is 9.95. The molecule has 0 aliphatic carbocycles. The summed E-state index contributed by atoms with van der Waals surface area (Å²) < 4.78 is 0. The van der Waals surface area contributed by atoms with E-state index in [4.69, 9.17) is 12.8 Å². The van der Waals surface area contributed by atoms with E-state index < -0.39 is 0 Å². The summed E-state index contributed by atoms with van der Waals surface area (Å²) >= 11 is 0. The minimum atomic E-state index is 0.562. The highest BCUT2D eigenvalue weighted by atomic mass is 14.1. The molecule has 0 amide bonds. The first-order valence-electron chi connectivity index (χ1n) is 6.39. The largest absolute Gasteiger partial charge is 0.114 e. The highest BCUT2D eigenvalue weighted by molar-refractivity contribution is 6.07. The van der Waals surface area contributed by atoms with Crippen LogP contribution in [0.2, 0.25) is 0 Å². The van der Waals surface area contributed by atoms with Crippen LogP contribution in [-0.4, -0.2) is 0 Å². The van der Waals surface area contributed by atoms with E-state index in [1.165, 1.54) is 10.8 Å². The predicted octanol–water partition coefficient (Wildman–Crippen LogP) is 4.64. The molecule has 20 heavy (non-hydrogen) atoms. The highest BCUT2D eigenvalue weighted by Crippen LogP contribution is 2.30. The molecule has 3 aromatic rings. The van der Waals surface area contributed by atoms with Crippen LogP contribution in [0.4, 0.5) is 0 Å². The first kappa shape index (κ1) is 12.1. The maximum atomic E-state index is 5.46. The molecule has 0 fully saturated rings. The lowest BCUT2D eigenvalue weighted by Crippen LogP contribution is -1.84. The normalized spacial score (nSPS) is 9.90. The van der Waals surface area contributed by atoms with Gasteiger partial charge >= 0.3 is 0 Å². The number of allylic oxidation sites excluding steroid dienone is 1. The molecule has 0 bridgehead atoms. The van der Waals surface area contributed by atoms with Gasteiger partial charge in [0, 0.05) is 0 Å². The van der Waals surface area contributed by atoms with E-state index in [2.05, 4.69) is 42.2 Å². The third-order valence-corrected chi connectivity index (χ3v) is 3.41. The zero-order valence-electron chi connectivity index (χ0n) is 10.9. The van der Waals surface area contributed by atoms with Gasteiger partial charge < -0.3 is 0 Å². The zero-order valence-corrected chi connectivity index (χ0v) is 10.9. The van der Waals surface area contributed by atoms with Gasteiger partial charge in [-0.25, -0.2) is 0 Å². The molecular formula is C20H12. The van der Waals surface area contributed by atoms with Crippen molar-refractivity contribution in [1.29, 1.82) is 0 Å². The van der Waals surface area contributed by atoms with Crippen molar-refractivity contribution in [2.75, 3.05) is 0 Å². The molecule has 0 nitrogen and oxygen atoms in total. The van der Waals surface area contributed by atoms with Gasteiger partial charge in [0.1, 0.15) is 0 Å². The Labute approximate surface area is 118 Å². The molecule has 0 saturated carbocycles. The smallest absolute Gasteiger partial charge is 0.0745 e. The molecule has 0 spiro atoms. The van der Waals surface area contributed by atoms with Crippen molar-refractivity contribution in [2.45, 2.75) is 0 Å². The van der Waals surface area contributed by atoms with Crippen LogP contribution in [0.15, 0.2) is 60.2 Å². The number of terminal acetylenes is 2. The molecule has 0 unspecified atom stereocenters. The fourth-order valence-corrected chi connectivity index (χ4v) is 2.47. The fourth-order valence-electron chi connectivity index (χ4n) is 2.47. The van der Waals surface area contributed by atoms with Crippen molar-refractivity contribution < 1.29 is 0 Å². The van der Waals surface area contributed by atoms with Crippen LogP contribution < -0.4 is 0 Å². The Morgan fingerprint density at radius 3 is 1.80 bits per heavy atom. The quantitative estimate of drug-likeness (QED) is 0.437. The SMILES string of the molecule is C#CC(C#C)=Cc1c2ccccc2cc2ccccc12. The van der Waals surface area contributed by atoms with E-state index in [0.29, 0.717) is 5.57 Å². The van der Waals surface area contributed by atoms with E-state index in [-0.39, 0.29) is 0 Å². The van der Waals surface area contributed by atoms with E-state index in [1.54, 1.807) is 0 Å². The van der Waals surface area contributed by atoms with Crippen LogP contribution in [0.25, 0.3) is 27.6 Å². The molecule has 0 aliphatic heterocycles. The molecule has 92 valence electrons. The summed E-state index contributed by atoms with van der Waals surface area (Å²) in [5.41, 5.74) is 1.65. The maximum absolute atomic E-state index is 5.46. The van der Waals surface area contributed by atoms with Gasteiger partial charge in [0.2, 0.25) is 0 Å². The molecule has 0 saturated heterocycles. The summed E-state index contributed by atoms with van der Waals surface area (Å²) in [6.07, 6.45) is 12.8. The average Bonchev–Trinajstić information content (AvgIpc) is 2.51. The van der Waals surface area contributed by atoms with Crippen molar-refractivity contribution in [1.82, 2.24) is 0 Å². The zero-order chi connectivity index (χ0) is 13.9. The van der Waals surface area contributed by atoms with Gasteiger partial charge in [-0.05, 0) is 39.3 Å². The second kappa shape index (κ2) is 4.96. The standard InChI is InChI=1S/C20H12/c1-3-15(4-2)13-20-18-11-7-5-9-16(18)14-17-10-6-8-12-19(17)20/h1-2,5-14H. The van der Waals surface area contributed by atoms with Crippen LogP contribution in [-0.2, 0) is 0 Å². The molecule has 3 aromatic carbocycles. The summed E-state index contributed by atoms with van der Waals surface area (Å²) in [5, 5.41) is 4.69. The molecule has 0 N–H and O–H groups in total. The Hall–Kier alpha value is -2.96. The summed E-state index contributed by atoms with van der Waals surface area (Å²) in [6, 6.07) is 18.7. The molecule has 3 rings (SSSR count). The topological polar surface area (TPSA) is 0 Å². The van der Waals surface area contributed by atoms with Crippen molar-refractivity contribution >= 4 is 27.6 Å². The number of fused-ring (bicyclic) bond motifs is 2. The molecule has 0 aromatic heterocycles. The third-order valence-electron chi connectivity index (χ3n) is 3.41. The minimum Gasteiger partial charge on any atom is -0.114 e. The van der Waals surface area contributed by atoms with Gasteiger partial charge in [-0.3, -0.25) is 0 Å². The molecule has 0 radical (unpaired) electrons. The van der Waals surface area contributed by atoms with Gasteiger partial charge in [0.15, 0.2) is 0 Å². The first-order chi connectivity index (χ1) is 9.83. The van der Waals surface area contributed by atoms with Crippen LogP contribution in [0, 0.1) is 24.7 Å². The number of benzene rings is 3. The molecule has 0 heterocycles. The Morgan fingerprint density at radius 2 is 1.30 bits per heavy atom. The van der Waals surface area contributed by atoms with Gasteiger partial charge in [-0.1, -0.05) is 60.4 Å². The fraction of sp³-hybridized carbons (Fsp3) is 0. The summed E-state index contributed by atoms with van der Waals surface area (Å²) in [4.78, 5) is 0. The predicted molar refractivity (Wildman–Crippen MR) is 87.1 cm³/mol. The van der Waals surface area contributed by atoms with Crippen LogP contribution in [0.3, 0.4) is 0 Å². The van der Waals surface area contributed by atoms with Crippen LogP contribution in [0.1, 0.15) is 5.56 Å². The molecule has 0 aliphatic rings. The first-order valence-corrected chi connectivity index (χ1v) is 6.39. The van der Waals surface area contributed by atoms with Gasteiger partial charge in [-0.2, -0.15) is 0 Å². The number of hydrogen-bond acceptors (Lipinski definition) is 0. The van der Waals surface area contributed by atoms with Gasteiger partial charge in [0.05, 0.1) is 5.57 Å². The lowest BCUT2D eigenvalue weighted by molar-refractivity contribution is 1.73. The molecular weight excluding hydrogens is 240 g/mol. The average molecular weight is 252 g/mol. The monoisotopic (exact) mass is 252 g/mol. The van der Waals surface area contributed by atoms with Gasteiger partial charge in [0.25, 0.3) is 0 Å². The Kier molecular flexibility index (Phi) is 3.00. The molecule has 0 atom stereocenters. The van der Waals surface area contributed by atoms with E-state index in [9.17, 15) is 0 Å². The van der Waals surface area contributed by atoms with Gasteiger partial charge in [-0.15, -0.1) is 12.8 Å². The Balaban J connectivity index is 2.50. The van der Waals surface area contributed by atoms with E-state index >= 15 is 0 Å². The minimum absolute atomic E-state index is 0.562. The van der Waals surface area contributed by atoms with Crippen LogP contribution in [0.5, 0.6) is 0 Å². The Morgan fingerprint density at radius 1 is 0.800 bits per heavy atom. The Bertz CT molecular complexity index is 842. The van der Waals surface area contributed by atoms with Crippen molar-refractivity contribution in [2.24, 2.45) is 0 Å². The second-order valence-corrected chi connectivity index (χ2v) is 4.58. The van der Waals surface area contributed by atoms with Crippen molar-refractivity contribution in [3.63, 3.8) is 0 Å². The summed E-state index contributed by atoms with van der Waals surface area (Å²) in [7, 11) is 0. The summed E-state index contributed by atoms with van der Waals surface area (Å²) in [6.45, 7) is 0. The van der Waals surface area contributed by atoms with Crippen LogP contribution >= 0.6 is 0 Å². The number of hydrogen-bond donors (Lipinski definition) is 0.